The van der Waals surface area contributed by atoms with Gasteiger partial charge in [0.05, 0.1) is 23.0 Å². The van der Waals surface area contributed by atoms with Crippen molar-refractivity contribution in [3.8, 4) is 11.1 Å². The van der Waals surface area contributed by atoms with Crippen molar-refractivity contribution in [1.82, 2.24) is 14.5 Å². The van der Waals surface area contributed by atoms with Gasteiger partial charge in [0, 0.05) is 48.4 Å². The molecule has 158 valence electrons. The molecular formula is C22H19ClN4O3S. The lowest BCUT2D eigenvalue weighted by atomic mass is 9.99. The van der Waals surface area contributed by atoms with E-state index in [1.807, 2.05) is 41.6 Å². The normalized spacial score (nSPS) is 13.3. The maximum Gasteiger partial charge on any atom is 0.274 e. The first kappa shape index (κ1) is 19.8. The smallest absolute Gasteiger partial charge is 0.274 e. The lowest BCUT2D eigenvalue weighted by Gasteiger charge is -2.25. The molecule has 0 unspecified atom stereocenters. The molecule has 0 spiro atoms. The lowest BCUT2D eigenvalue weighted by molar-refractivity contribution is 0.601. The Labute approximate surface area is 183 Å². The molecule has 0 radical (unpaired) electrons. The molecule has 4 heterocycles. The first-order valence-corrected chi connectivity index (χ1v) is 12.0. The molecule has 0 saturated carbocycles. The first-order valence-electron chi connectivity index (χ1n) is 9.61. The van der Waals surface area contributed by atoms with E-state index in [0.29, 0.717) is 28.5 Å². The third-order valence-corrected chi connectivity index (χ3v) is 6.56. The van der Waals surface area contributed by atoms with Crippen LogP contribution in [0.5, 0.6) is 0 Å². The Bertz CT molecular complexity index is 1500. The zero-order valence-electron chi connectivity index (χ0n) is 16.9. The van der Waals surface area contributed by atoms with Crippen molar-refractivity contribution < 1.29 is 8.42 Å². The second-order valence-electron chi connectivity index (χ2n) is 7.87. The fourth-order valence-electron chi connectivity index (χ4n) is 4.18. The number of nitrogens with one attached hydrogen (secondary N) is 1. The second kappa shape index (κ2) is 6.96. The monoisotopic (exact) mass is 454 g/mol. The third-order valence-electron chi connectivity index (χ3n) is 5.48. The van der Waals surface area contributed by atoms with Gasteiger partial charge in [-0.25, -0.2) is 13.4 Å². The summed E-state index contributed by atoms with van der Waals surface area (Å²) in [7, 11) is -1.49. The summed E-state index contributed by atoms with van der Waals surface area (Å²) in [6, 6.07) is 9.25. The number of rotatable bonds is 3. The van der Waals surface area contributed by atoms with Gasteiger partial charge in [0.15, 0.2) is 9.84 Å². The minimum absolute atomic E-state index is 0.0611. The summed E-state index contributed by atoms with van der Waals surface area (Å²) in [5, 5.41) is 1.38. The van der Waals surface area contributed by atoms with Crippen LogP contribution in [0.3, 0.4) is 0 Å². The summed E-state index contributed by atoms with van der Waals surface area (Å²) < 4.78 is 25.4. The molecule has 0 saturated heterocycles. The van der Waals surface area contributed by atoms with E-state index in [-0.39, 0.29) is 11.3 Å². The highest BCUT2D eigenvalue weighted by molar-refractivity contribution is 7.89. The van der Waals surface area contributed by atoms with Gasteiger partial charge in [-0.3, -0.25) is 4.79 Å². The average Bonchev–Trinajstić information content (AvgIpc) is 3.07. The van der Waals surface area contributed by atoms with Gasteiger partial charge in [0.25, 0.3) is 5.56 Å². The van der Waals surface area contributed by atoms with E-state index >= 15 is 0 Å². The van der Waals surface area contributed by atoms with Crippen molar-refractivity contribution in [3.63, 3.8) is 0 Å². The van der Waals surface area contributed by atoms with Crippen molar-refractivity contribution in [2.45, 2.75) is 12.3 Å². The van der Waals surface area contributed by atoms with E-state index in [1.165, 1.54) is 6.26 Å². The Kier molecular flexibility index (Phi) is 4.46. The predicted molar refractivity (Wildman–Crippen MR) is 123 cm³/mol. The third kappa shape index (κ3) is 3.41. The molecule has 1 aromatic carbocycles. The van der Waals surface area contributed by atoms with Crippen LogP contribution in [-0.4, -0.2) is 29.2 Å². The highest BCUT2D eigenvalue weighted by atomic mass is 35.5. The number of H-pyrrole nitrogens is 1. The summed E-state index contributed by atoms with van der Waals surface area (Å²) in [5.41, 5.74) is 4.65. The number of hydrogen-bond acceptors (Lipinski definition) is 5. The Morgan fingerprint density at radius 3 is 2.71 bits per heavy atom. The Balaban J connectivity index is 1.83. The summed E-state index contributed by atoms with van der Waals surface area (Å²) in [6.45, 7) is 0.493. The Hall–Kier alpha value is -3.10. The van der Waals surface area contributed by atoms with Gasteiger partial charge in [-0.2, -0.15) is 0 Å². The minimum Gasteiger partial charge on any atom is -0.356 e. The molecular weight excluding hydrogens is 436 g/mol. The van der Waals surface area contributed by atoms with E-state index in [2.05, 4.69) is 9.97 Å². The Morgan fingerprint density at radius 2 is 2.00 bits per heavy atom. The molecule has 7 nitrogen and oxygen atoms in total. The van der Waals surface area contributed by atoms with Crippen molar-refractivity contribution in [3.05, 3.63) is 75.4 Å². The number of hydrogen-bond donors (Lipinski definition) is 1. The number of aromatic nitrogens is 3. The fraction of sp³-hybridized carbons (Fsp3) is 0.182. The highest BCUT2D eigenvalue weighted by Crippen LogP contribution is 2.43. The van der Waals surface area contributed by atoms with E-state index in [0.717, 1.165) is 27.8 Å². The van der Waals surface area contributed by atoms with Gasteiger partial charge < -0.3 is 14.5 Å². The summed E-state index contributed by atoms with van der Waals surface area (Å²) in [4.78, 5) is 22.4. The molecule has 31 heavy (non-hydrogen) atoms. The van der Waals surface area contributed by atoms with E-state index in [9.17, 15) is 13.2 Å². The van der Waals surface area contributed by atoms with Crippen LogP contribution < -0.4 is 10.5 Å². The zero-order valence-corrected chi connectivity index (χ0v) is 18.5. The first-order chi connectivity index (χ1) is 14.7. The molecule has 0 aliphatic carbocycles. The molecule has 0 atom stereocenters. The van der Waals surface area contributed by atoms with Crippen LogP contribution >= 0.6 is 11.6 Å². The standard InChI is InChI=1S/C22H19ClN4O3S/c1-26-11-17-16-7-13(12-31(2,29)30)3-5-18(16)27(19-6-4-15(23)9-24-19)10-14-8-25-21(20(14)17)22(26)28/h3-9,11,25H,10,12H2,1-2H3. The molecule has 9 heteroatoms. The predicted octanol–water partition coefficient (Wildman–Crippen LogP) is 3.78. The largest absolute Gasteiger partial charge is 0.356 e. The SMILES string of the molecule is Cn1cc2c3c(c[nH]c3c1=O)CN(c1ccc(Cl)cn1)c1ccc(CS(C)(=O)=O)cc1-2. The summed E-state index contributed by atoms with van der Waals surface area (Å²) in [6.07, 6.45) is 6.47. The van der Waals surface area contributed by atoms with Crippen LogP contribution in [0.4, 0.5) is 11.5 Å². The summed E-state index contributed by atoms with van der Waals surface area (Å²) in [5.74, 6) is 0.643. The van der Waals surface area contributed by atoms with Gasteiger partial charge in [-0.15, -0.1) is 0 Å². The van der Waals surface area contributed by atoms with Crippen molar-refractivity contribution >= 4 is 43.8 Å². The van der Waals surface area contributed by atoms with Gasteiger partial charge in [0.1, 0.15) is 11.3 Å². The second-order valence-corrected chi connectivity index (χ2v) is 10.4. The average molecular weight is 455 g/mol. The van der Waals surface area contributed by atoms with Crippen LogP contribution in [0.1, 0.15) is 11.1 Å². The van der Waals surface area contributed by atoms with E-state index < -0.39 is 9.84 Å². The van der Waals surface area contributed by atoms with E-state index in [1.54, 1.807) is 23.9 Å². The minimum atomic E-state index is -3.20. The van der Waals surface area contributed by atoms with Crippen molar-refractivity contribution in [2.24, 2.45) is 7.05 Å². The number of nitrogens with zero attached hydrogens (tertiary/aromatic N) is 3. The number of halogens is 1. The number of aryl methyl sites for hydroxylation is 1. The van der Waals surface area contributed by atoms with Gasteiger partial charge in [0.2, 0.25) is 0 Å². The fourth-order valence-corrected chi connectivity index (χ4v) is 5.07. The number of sulfone groups is 1. The molecule has 0 fully saturated rings. The molecule has 3 aromatic heterocycles. The molecule has 5 rings (SSSR count). The lowest BCUT2D eigenvalue weighted by Crippen LogP contribution is -2.17. The molecule has 0 bridgehead atoms. The number of pyridine rings is 2. The van der Waals surface area contributed by atoms with Crippen LogP contribution in [0, 0.1) is 0 Å². The maximum atomic E-state index is 12.7. The Morgan fingerprint density at radius 1 is 1.19 bits per heavy atom. The maximum absolute atomic E-state index is 12.7. The highest BCUT2D eigenvalue weighted by Gasteiger charge is 2.26. The molecule has 1 aliphatic heterocycles. The molecule has 1 N–H and O–H groups in total. The van der Waals surface area contributed by atoms with Crippen molar-refractivity contribution in [2.75, 3.05) is 11.2 Å². The number of fused-ring (bicyclic) bond motifs is 2. The van der Waals surface area contributed by atoms with Crippen LogP contribution in [-0.2, 0) is 29.2 Å². The van der Waals surface area contributed by atoms with Gasteiger partial charge in [-0.05, 0) is 35.4 Å². The quantitative estimate of drug-likeness (QED) is 0.509. The van der Waals surface area contributed by atoms with E-state index in [4.69, 9.17) is 11.6 Å². The summed E-state index contributed by atoms with van der Waals surface area (Å²) >= 11 is 6.04. The zero-order chi connectivity index (χ0) is 21.9. The topological polar surface area (TPSA) is 88.1 Å². The molecule has 1 aliphatic rings. The number of aromatic amines is 1. The number of benzene rings is 1. The van der Waals surface area contributed by atoms with Crippen molar-refractivity contribution in [1.29, 1.82) is 0 Å². The van der Waals surface area contributed by atoms with Gasteiger partial charge in [-0.1, -0.05) is 17.7 Å². The molecule has 0 amide bonds. The van der Waals surface area contributed by atoms with Crippen LogP contribution in [0.2, 0.25) is 5.02 Å². The number of anilines is 2. The molecule has 4 aromatic rings. The van der Waals surface area contributed by atoms with Gasteiger partial charge >= 0.3 is 0 Å². The van der Waals surface area contributed by atoms with Crippen LogP contribution in [0.15, 0.2) is 53.7 Å². The van der Waals surface area contributed by atoms with Crippen LogP contribution in [0.25, 0.3) is 22.0 Å².